The predicted octanol–water partition coefficient (Wildman–Crippen LogP) is 0.964. The zero-order valence-electron chi connectivity index (χ0n) is 16.4. The normalized spacial score (nSPS) is 21.2. The summed E-state index contributed by atoms with van der Waals surface area (Å²) in [5.41, 5.74) is -0.260. The van der Waals surface area contributed by atoms with E-state index >= 15 is 0 Å². The second-order valence-electron chi connectivity index (χ2n) is 7.94. The van der Waals surface area contributed by atoms with E-state index < -0.39 is 18.3 Å². The minimum atomic E-state index is -0.613. The lowest BCUT2D eigenvalue weighted by Gasteiger charge is -2.32. The molecule has 0 amide bonds. The van der Waals surface area contributed by atoms with Crippen LogP contribution in [-0.2, 0) is 9.31 Å². The van der Waals surface area contributed by atoms with Crippen molar-refractivity contribution >= 4 is 30.0 Å². The largest absolute Gasteiger partial charge is 0.496 e. The highest BCUT2D eigenvalue weighted by molar-refractivity contribution is 6.65. The van der Waals surface area contributed by atoms with Crippen LogP contribution in [0, 0.1) is 11.3 Å². The molecule has 4 rings (SSSR count). The van der Waals surface area contributed by atoms with Crippen LogP contribution in [0.25, 0.3) is 5.82 Å². The molecule has 0 bridgehead atoms. The summed E-state index contributed by atoms with van der Waals surface area (Å²) in [5.74, 6) is 1.44. The van der Waals surface area contributed by atoms with Crippen molar-refractivity contribution in [1.82, 2.24) is 10.2 Å². The summed E-state index contributed by atoms with van der Waals surface area (Å²) in [7, 11) is -0.613. The highest BCUT2D eigenvalue weighted by Crippen LogP contribution is 2.37. The predicted molar refractivity (Wildman–Crippen MR) is 106 cm³/mol. The Bertz CT molecular complexity index is 999. The van der Waals surface area contributed by atoms with Gasteiger partial charge < -0.3 is 24.3 Å². The van der Waals surface area contributed by atoms with Gasteiger partial charge in [0, 0.05) is 18.2 Å². The fourth-order valence-corrected chi connectivity index (χ4v) is 3.69. The molecule has 0 atom stereocenters. The van der Waals surface area contributed by atoms with Crippen molar-refractivity contribution in [3.05, 3.63) is 34.1 Å². The number of halogens is 1. The van der Waals surface area contributed by atoms with Gasteiger partial charge in [0.15, 0.2) is 0 Å². The Labute approximate surface area is 169 Å². The number of nitrogens with zero attached hydrogens (tertiary/aromatic N) is 3. The van der Waals surface area contributed by atoms with E-state index in [4.69, 9.17) is 30.9 Å². The Morgan fingerprint density at radius 2 is 2.04 bits per heavy atom. The van der Waals surface area contributed by atoms with Crippen LogP contribution in [0.15, 0.2) is 23.5 Å². The maximum Gasteiger partial charge on any atom is 0.496 e. The summed E-state index contributed by atoms with van der Waals surface area (Å²) < 4.78 is 18.2. The summed E-state index contributed by atoms with van der Waals surface area (Å²) in [4.78, 5) is 6.51. The third-order valence-corrected chi connectivity index (χ3v) is 6.04. The molecule has 0 spiro atoms. The van der Waals surface area contributed by atoms with E-state index in [1.165, 1.54) is 0 Å². The van der Waals surface area contributed by atoms with Crippen LogP contribution in [0.2, 0.25) is 5.02 Å². The molecular weight excluding hydrogens is 378 g/mol. The molecule has 0 unspecified atom stereocenters. The average molecular weight is 401 g/mol. The maximum atomic E-state index is 8.95. The summed E-state index contributed by atoms with van der Waals surface area (Å²) in [6, 6.07) is 4.02. The van der Waals surface area contributed by atoms with Gasteiger partial charge in [0.05, 0.1) is 39.3 Å². The first-order valence-corrected chi connectivity index (χ1v) is 9.60. The van der Waals surface area contributed by atoms with Crippen LogP contribution < -0.4 is 26.1 Å². The second-order valence-corrected chi connectivity index (χ2v) is 8.31. The lowest BCUT2D eigenvalue weighted by atomic mass is 9.78. The molecule has 1 N–H and O–H groups in total. The fourth-order valence-electron chi connectivity index (χ4n) is 3.39. The third kappa shape index (κ3) is 2.94. The topological polar surface area (TPSA) is 79.1 Å². The molecule has 3 aliphatic rings. The van der Waals surface area contributed by atoms with Crippen LogP contribution >= 0.6 is 11.6 Å². The van der Waals surface area contributed by atoms with E-state index in [1.54, 1.807) is 12.5 Å². The van der Waals surface area contributed by atoms with Crippen molar-refractivity contribution in [2.75, 3.05) is 13.2 Å². The lowest BCUT2D eigenvalue weighted by Crippen LogP contribution is -2.48. The van der Waals surface area contributed by atoms with Gasteiger partial charge in [-0.3, -0.25) is 4.99 Å². The number of ether oxygens (including phenoxy) is 1. The molecule has 0 aliphatic carbocycles. The Kier molecular flexibility index (Phi) is 4.57. The van der Waals surface area contributed by atoms with Gasteiger partial charge in [0.1, 0.15) is 24.5 Å². The number of hydrogen-bond donors (Lipinski definition) is 1. The van der Waals surface area contributed by atoms with Gasteiger partial charge in [-0.1, -0.05) is 11.6 Å². The van der Waals surface area contributed by atoms with E-state index in [2.05, 4.69) is 16.4 Å². The first-order chi connectivity index (χ1) is 13.2. The summed E-state index contributed by atoms with van der Waals surface area (Å²) in [6.07, 6.45) is 3.79. The van der Waals surface area contributed by atoms with E-state index in [0.29, 0.717) is 41.2 Å². The molecule has 7 nitrogen and oxygen atoms in total. The number of hydrogen-bond acceptors (Lipinski definition) is 7. The van der Waals surface area contributed by atoms with Crippen molar-refractivity contribution in [1.29, 1.82) is 5.26 Å². The Morgan fingerprint density at radius 3 is 2.71 bits per heavy atom. The molecule has 3 heterocycles. The van der Waals surface area contributed by atoms with Crippen molar-refractivity contribution in [2.45, 2.75) is 45.3 Å². The SMILES string of the molecule is CC1(C)OB(c2cc3c4c(c2Cl)=NCNC=4N(CCC#N)C=CO3)OC1(C)C. The summed E-state index contributed by atoms with van der Waals surface area (Å²) in [5, 5.41) is 14.1. The summed E-state index contributed by atoms with van der Waals surface area (Å²) >= 11 is 6.78. The first-order valence-electron chi connectivity index (χ1n) is 9.23. The molecule has 28 heavy (non-hydrogen) atoms. The summed E-state index contributed by atoms with van der Waals surface area (Å²) in [6.45, 7) is 8.92. The van der Waals surface area contributed by atoms with Gasteiger partial charge >= 0.3 is 7.12 Å². The highest BCUT2D eigenvalue weighted by atomic mass is 35.5. The van der Waals surface area contributed by atoms with E-state index in [9.17, 15) is 0 Å². The van der Waals surface area contributed by atoms with Crippen LogP contribution in [0.5, 0.6) is 5.75 Å². The molecule has 3 aliphatic heterocycles. The zero-order valence-corrected chi connectivity index (χ0v) is 17.1. The van der Waals surface area contributed by atoms with Gasteiger partial charge in [0.2, 0.25) is 0 Å². The van der Waals surface area contributed by atoms with E-state index in [-0.39, 0.29) is 0 Å². The standard InChI is InChI=1S/C19H22BClN4O3/c1-18(2)19(3,4)28-20(27-18)12-10-13-14-16(15(12)21)23-11-24-17(14)25(7-5-6-22)8-9-26-13/h8-10,24H,5,7,11H2,1-4H3. The van der Waals surface area contributed by atoms with Gasteiger partial charge in [-0.2, -0.15) is 5.26 Å². The number of nitriles is 1. The molecule has 1 fully saturated rings. The number of benzene rings is 1. The number of rotatable bonds is 3. The molecule has 9 heteroatoms. The molecule has 146 valence electrons. The highest BCUT2D eigenvalue weighted by Gasteiger charge is 2.52. The van der Waals surface area contributed by atoms with Crippen LogP contribution in [0.1, 0.15) is 34.1 Å². The van der Waals surface area contributed by atoms with Gasteiger partial charge in [-0.15, -0.1) is 0 Å². The Hall–Kier alpha value is -2.21. The minimum absolute atomic E-state index is 0.380. The maximum absolute atomic E-state index is 8.95. The van der Waals surface area contributed by atoms with E-state index in [0.717, 1.165) is 11.0 Å². The Morgan fingerprint density at radius 1 is 1.32 bits per heavy atom. The van der Waals surface area contributed by atoms with Gasteiger partial charge in [0.25, 0.3) is 0 Å². The van der Waals surface area contributed by atoms with Gasteiger partial charge in [-0.05, 0) is 33.8 Å². The Balaban J connectivity index is 1.87. The van der Waals surface area contributed by atoms with E-state index in [1.807, 2.05) is 38.7 Å². The molecule has 1 aromatic rings. The smallest absolute Gasteiger partial charge is 0.463 e. The average Bonchev–Trinajstić information content (AvgIpc) is 2.77. The van der Waals surface area contributed by atoms with Crippen LogP contribution in [-0.4, -0.2) is 36.4 Å². The van der Waals surface area contributed by atoms with Crippen molar-refractivity contribution in [2.24, 2.45) is 4.99 Å². The van der Waals surface area contributed by atoms with Gasteiger partial charge in [-0.25, -0.2) is 0 Å². The zero-order chi connectivity index (χ0) is 20.1. The van der Waals surface area contributed by atoms with Crippen molar-refractivity contribution in [3.63, 3.8) is 0 Å². The van der Waals surface area contributed by atoms with Crippen molar-refractivity contribution < 1.29 is 14.0 Å². The molecule has 0 aromatic heterocycles. The molecule has 0 radical (unpaired) electrons. The lowest BCUT2D eigenvalue weighted by molar-refractivity contribution is 0.00578. The van der Waals surface area contributed by atoms with Crippen LogP contribution in [0.3, 0.4) is 0 Å². The fraction of sp³-hybridized carbons (Fsp3) is 0.474. The quantitative estimate of drug-likeness (QED) is 0.762. The molecule has 1 aromatic carbocycles. The second kappa shape index (κ2) is 6.69. The van der Waals surface area contributed by atoms with Crippen LogP contribution in [0.4, 0.5) is 0 Å². The molecular formula is C19H22BClN4O3. The molecule has 1 saturated heterocycles. The third-order valence-electron chi connectivity index (χ3n) is 5.65. The monoisotopic (exact) mass is 400 g/mol. The molecule has 0 saturated carbocycles. The number of nitrogens with one attached hydrogen (secondary N) is 1. The minimum Gasteiger partial charge on any atom is -0.463 e. The van der Waals surface area contributed by atoms with Crippen molar-refractivity contribution in [3.8, 4) is 11.8 Å². The first kappa shape index (κ1) is 19.1.